The molecule has 1 N–H and O–H groups in total. The lowest BCUT2D eigenvalue weighted by Crippen LogP contribution is -2.41. The Morgan fingerprint density at radius 3 is 2.44 bits per heavy atom. The molecule has 4 aromatic heterocycles. The lowest BCUT2D eigenvalue weighted by Gasteiger charge is -2.15. The van der Waals surface area contributed by atoms with Crippen molar-refractivity contribution in [3.63, 3.8) is 0 Å². The van der Waals surface area contributed by atoms with Crippen LogP contribution in [0.25, 0.3) is 22.4 Å². The van der Waals surface area contributed by atoms with Gasteiger partial charge in [0, 0.05) is 42.8 Å². The van der Waals surface area contributed by atoms with Crippen molar-refractivity contribution in [2.75, 3.05) is 5.32 Å². The third-order valence-corrected chi connectivity index (χ3v) is 7.90. The molecule has 4 aromatic rings. The number of amides is 1. The van der Waals surface area contributed by atoms with Gasteiger partial charge in [0.2, 0.25) is 5.91 Å². The second kappa shape index (κ2) is 9.45. The number of carbonyl (C=O) groups is 2. The summed E-state index contributed by atoms with van der Waals surface area (Å²) >= 11 is 0. The van der Waals surface area contributed by atoms with Gasteiger partial charge < -0.3 is 9.88 Å². The number of imidazole rings is 1. The first-order valence-corrected chi connectivity index (χ1v) is 13.0. The number of hydrogen-bond acceptors (Lipinski definition) is 9. The Morgan fingerprint density at radius 2 is 1.78 bits per heavy atom. The van der Waals surface area contributed by atoms with Crippen LogP contribution in [0.5, 0.6) is 0 Å². The molecule has 2 aliphatic carbocycles. The highest BCUT2D eigenvalue weighted by Crippen LogP contribution is 2.67. The number of aromatic nitrogens is 8. The third-order valence-electron chi connectivity index (χ3n) is 7.90. The molecule has 212 valence electrons. The van der Waals surface area contributed by atoms with Gasteiger partial charge in [-0.3, -0.25) is 28.5 Å². The van der Waals surface area contributed by atoms with E-state index in [1.54, 1.807) is 19.3 Å². The Kier molecular flexibility index (Phi) is 6.12. The molecular weight excluding hydrogens is 540 g/mol. The van der Waals surface area contributed by atoms with Crippen LogP contribution in [-0.2, 0) is 23.2 Å². The summed E-state index contributed by atoms with van der Waals surface area (Å²) in [6.07, 6.45) is 7.97. The van der Waals surface area contributed by atoms with E-state index in [-0.39, 0.29) is 28.7 Å². The van der Waals surface area contributed by atoms with Crippen LogP contribution < -0.4 is 16.6 Å². The smallest absolute Gasteiger partial charge is 0.312 e. The summed E-state index contributed by atoms with van der Waals surface area (Å²) in [5.41, 5.74) is -0.427. The Labute approximate surface area is 230 Å². The van der Waals surface area contributed by atoms with Crippen LogP contribution in [0, 0.1) is 11.8 Å². The standard InChI is InChI=1S/C26H25F2N9O4/c1-12(38)10-36-24(40)20-22(35(3)25(36)41)32-11-37(20)13(2)23(39)34-19-9-29-8-18(33-19)15-6-30-21(31-7-15)14-4-16-17(5-14)26(16,27)28/h6-9,11,13-14,16-17H,4-5,10H2,1-3H3,(H,33,34,39)/t13-,14?,16?,17?/m0/s1. The Morgan fingerprint density at radius 1 is 1.10 bits per heavy atom. The number of aryl methyl sites for hydroxylation is 1. The molecule has 0 spiro atoms. The molecule has 0 bridgehead atoms. The summed E-state index contributed by atoms with van der Waals surface area (Å²) in [6.45, 7) is 2.40. The van der Waals surface area contributed by atoms with Crippen LogP contribution in [0.2, 0.25) is 0 Å². The first-order valence-electron chi connectivity index (χ1n) is 13.0. The zero-order chi connectivity index (χ0) is 29.2. The summed E-state index contributed by atoms with van der Waals surface area (Å²) < 4.78 is 30.3. The average molecular weight is 566 g/mol. The van der Waals surface area contributed by atoms with Crippen molar-refractivity contribution in [1.82, 2.24) is 38.6 Å². The van der Waals surface area contributed by atoms with Crippen LogP contribution >= 0.6 is 0 Å². The van der Waals surface area contributed by atoms with Crippen LogP contribution in [0.4, 0.5) is 14.6 Å². The number of alkyl halides is 2. The highest BCUT2D eigenvalue weighted by atomic mass is 19.3. The Hall–Kier alpha value is -4.69. The maximum atomic E-state index is 13.5. The SMILES string of the molecule is CC(=O)Cn1c(=O)c2c(ncn2[C@@H](C)C(=O)Nc2cncc(-c3cnc(C4CC5C(C4)C5(F)F)nc3)n2)n(C)c1=O. The van der Waals surface area contributed by atoms with Crippen molar-refractivity contribution in [3.05, 3.63) is 57.8 Å². The first kappa shape index (κ1) is 26.5. The summed E-state index contributed by atoms with van der Waals surface area (Å²) in [4.78, 5) is 71.9. The molecule has 15 heteroatoms. The second-order valence-electron chi connectivity index (χ2n) is 10.6. The fourth-order valence-corrected chi connectivity index (χ4v) is 5.57. The van der Waals surface area contributed by atoms with Crippen molar-refractivity contribution in [2.24, 2.45) is 18.9 Å². The van der Waals surface area contributed by atoms with Gasteiger partial charge in [-0.05, 0) is 26.7 Å². The van der Waals surface area contributed by atoms with E-state index in [0.717, 1.165) is 9.13 Å². The molecule has 1 amide bonds. The van der Waals surface area contributed by atoms with Crippen molar-refractivity contribution in [2.45, 2.75) is 51.1 Å². The lowest BCUT2D eigenvalue weighted by atomic mass is 10.0. The number of nitrogens with zero attached hydrogens (tertiary/aromatic N) is 8. The maximum Gasteiger partial charge on any atom is 0.332 e. The molecule has 41 heavy (non-hydrogen) atoms. The number of ketones is 1. The molecule has 3 atom stereocenters. The predicted octanol–water partition coefficient (Wildman–Crippen LogP) is 1.69. The van der Waals surface area contributed by atoms with Crippen LogP contribution in [0.1, 0.15) is 44.5 Å². The first-order chi connectivity index (χ1) is 19.5. The summed E-state index contributed by atoms with van der Waals surface area (Å²) in [5.74, 6) is -4.04. The van der Waals surface area contributed by atoms with Gasteiger partial charge in [0.15, 0.2) is 17.0 Å². The van der Waals surface area contributed by atoms with Crippen molar-refractivity contribution < 1.29 is 18.4 Å². The molecule has 0 saturated heterocycles. The highest BCUT2D eigenvalue weighted by Gasteiger charge is 2.71. The van der Waals surface area contributed by atoms with E-state index in [1.807, 2.05) is 0 Å². The van der Waals surface area contributed by atoms with Crippen molar-refractivity contribution in [3.8, 4) is 11.3 Å². The van der Waals surface area contributed by atoms with Gasteiger partial charge in [-0.1, -0.05) is 0 Å². The quantitative estimate of drug-likeness (QED) is 0.352. The minimum absolute atomic E-state index is 0.00337. The molecular formula is C26H25F2N9O4. The minimum Gasteiger partial charge on any atom is -0.312 e. The molecule has 2 aliphatic rings. The number of rotatable bonds is 7. The largest absolute Gasteiger partial charge is 0.332 e. The van der Waals surface area contributed by atoms with E-state index >= 15 is 0 Å². The molecule has 13 nitrogen and oxygen atoms in total. The number of carbonyl (C=O) groups excluding carboxylic acids is 2. The maximum absolute atomic E-state index is 13.5. The lowest BCUT2D eigenvalue weighted by molar-refractivity contribution is -0.119. The van der Waals surface area contributed by atoms with Crippen molar-refractivity contribution >= 4 is 28.7 Å². The topological polar surface area (TPSA) is 160 Å². The zero-order valence-corrected chi connectivity index (χ0v) is 22.3. The van der Waals surface area contributed by atoms with Crippen LogP contribution in [0.3, 0.4) is 0 Å². The monoisotopic (exact) mass is 565 g/mol. The number of fused-ring (bicyclic) bond motifs is 2. The number of halogens is 2. The van der Waals surface area contributed by atoms with Gasteiger partial charge in [0.1, 0.15) is 17.6 Å². The summed E-state index contributed by atoms with van der Waals surface area (Å²) in [5, 5.41) is 2.67. The minimum atomic E-state index is -2.55. The van der Waals surface area contributed by atoms with Crippen molar-refractivity contribution in [1.29, 1.82) is 0 Å². The molecule has 6 rings (SSSR count). The van der Waals surface area contributed by atoms with Gasteiger partial charge in [-0.25, -0.2) is 33.5 Å². The Bertz CT molecular complexity index is 1820. The number of anilines is 1. The van der Waals surface area contributed by atoms with Gasteiger partial charge in [0.25, 0.3) is 11.5 Å². The van der Waals surface area contributed by atoms with E-state index in [2.05, 4.69) is 30.2 Å². The van der Waals surface area contributed by atoms with Gasteiger partial charge in [-0.15, -0.1) is 0 Å². The summed E-state index contributed by atoms with van der Waals surface area (Å²) in [6, 6.07) is -0.950. The van der Waals surface area contributed by atoms with E-state index in [0.29, 0.717) is 29.9 Å². The molecule has 0 aromatic carbocycles. The van der Waals surface area contributed by atoms with E-state index < -0.39 is 47.5 Å². The number of Topliss-reactive ketones (excluding diaryl/α,β-unsaturated/α-hetero) is 1. The number of hydrogen-bond donors (Lipinski definition) is 1. The van der Waals surface area contributed by atoms with Gasteiger partial charge >= 0.3 is 5.69 Å². The fourth-order valence-electron chi connectivity index (χ4n) is 5.57. The summed E-state index contributed by atoms with van der Waals surface area (Å²) in [7, 11) is 1.43. The van der Waals surface area contributed by atoms with E-state index in [4.69, 9.17) is 0 Å². The Balaban J connectivity index is 1.20. The van der Waals surface area contributed by atoms with Crippen LogP contribution in [0.15, 0.2) is 40.7 Å². The molecule has 2 fully saturated rings. The fraction of sp³-hybridized carbons (Fsp3) is 0.423. The zero-order valence-electron chi connectivity index (χ0n) is 22.3. The van der Waals surface area contributed by atoms with Crippen LogP contribution in [-0.4, -0.2) is 56.2 Å². The second-order valence-corrected chi connectivity index (χ2v) is 10.6. The molecule has 2 unspecified atom stereocenters. The highest BCUT2D eigenvalue weighted by molar-refractivity contribution is 5.93. The van der Waals surface area contributed by atoms with Gasteiger partial charge in [-0.2, -0.15) is 0 Å². The molecule has 0 radical (unpaired) electrons. The average Bonchev–Trinajstić information content (AvgIpc) is 3.38. The predicted molar refractivity (Wildman–Crippen MR) is 140 cm³/mol. The third kappa shape index (κ3) is 4.40. The van der Waals surface area contributed by atoms with E-state index in [1.165, 1.54) is 37.3 Å². The molecule has 2 saturated carbocycles. The number of nitrogens with one attached hydrogen (secondary N) is 1. The normalized spacial score (nSPS) is 21.4. The van der Waals surface area contributed by atoms with Gasteiger partial charge in [0.05, 0.1) is 31.0 Å². The molecule has 0 aliphatic heterocycles. The molecule has 4 heterocycles. The van der Waals surface area contributed by atoms with E-state index in [9.17, 15) is 28.0 Å².